The monoisotopic (exact) mass is 348 g/mol. The standard InChI is InChI=1S/C19H26F2N4/c20-19(21)25-17-7-3-2-6-16(17)22-18(25)14-23-12-8-15(9-13-23)24-10-4-1-5-11-24/h2-3,6-7,15,19H,1,4-5,8-14H2. The van der Waals surface area contributed by atoms with Gasteiger partial charge in [-0.3, -0.25) is 9.47 Å². The number of fused-ring (bicyclic) bond motifs is 1. The van der Waals surface area contributed by atoms with Crippen molar-refractivity contribution in [3.05, 3.63) is 30.1 Å². The Labute approximate surface area is 147 Å². The molecule has 2 aliphatic heterocycles. The average Bonchev–Trinajstić information content (AvgIpc) is 3.01. The lowest BCUT2D eigenvalue weighted by atomic mass is 10.00. The van der Waals surface area contributed by atoms with Gasteiger partial charge in [-0.15, -0.1) is 0 Å². The Bertz CT molecular complexity index is 701. The number of likely N-dealkylation sites (tertiary alicyclic amines) is 2. The van der Waals surface area contributed by atoms with Crippen LogP contribution < -0.4 is 0 Å². The van der Waals surface area contributed by atoms with E-state index in [0.29, 0.717) is 29.4 Å². The molecule has 1 aromatic carbocycles. The normalized spacial score (nSPS) is 21.4. The lowest BCUT2D eigenvalue weighted by Gasteiger charge is -2.40. The number of benzene rings is 1. The topological polar surface area (TPSA) is 24.3 Å². The van der Waals surface area contributed by atoms with Crippen LogP contribution in [-0.2, 0) is 6.54 Å². The highest BCUT2D eigenvalue weighted by Crippen LogP contribution is 2.26. The first-order chi connectivity index (χ1) is 12.2. The highest BCUT2D eigenvalue weighted by Gasteiger charge is 2.27. The largest absolute Gasteiger partial charge is 0.320 e. The van der Waals surface area contributed by atoms with Crippen molar-refractivity contribution < 1.29 is 8.78 Å². The average molecular weight is 348 g/mol. The van der Waals surface area contributed by atoms with Crippen LogP contribution in [-0.4, -0.2) is 51.6 Å². The van der Waals surface area contributed by atoms with Gasteiger partial charge in [0.2, 0.25) is 0 Å². The number of rotatable bonds is 4. The number of hydrogen-bond acceptors (Lipinski definition) is 3. The molecule has 0 atom stereocenters. The van der Waals surface area contributed by atoms with Crippen LogP contribution in [0, 0.1) is 0 Å². The molecule has 1 aromatic heterocycles. The molecule has 2 fully saturated rings. The molecule has 6 heteroatoms. The molecule has 2 saturated heterocycles. The summed E-state index contributed by atoms with van der Waals surface area (Å²) in [5.41, 5.74) is 1.18. The summed E-state index contributed by atoms with van der Waals surface area (Å²) in [6.07, 6.45) is 6.26. The van der Waals surface area contributed by atoms with E-state index in [0.717, 1.165) is 30.5 Å². The van der Waals surface area contributed by atoms with Gasteiger partial charge in [-0.1, -0.05) is 18.6 Å². The zero-order chi connectivity index (χ0) is 17.2. The van der Waals surface area contributed by atoms with Crippen molar-refractivity contribution in [1.82, 2.24) is 19.4 Å². The number of halogens is 2. The van der Waals surface area contributed by atoms with Crippen LogP contribution in [0.25, 0.3) is 11.0 Å². The molecule has 0 radical (unpaired) electrons. The second-order valence-electron chi connectivity index (χ2n) is 7.27. The third kappa shape index (κ3) is 3.55. The molecular formula is C19H26F2N4. The van der Waals surface area contributed by atoms with Gasteiger partial charge in [0.15, 0.2) is 0 Å². The van der Waals surface area contributed by atoms with E-state index < -0.39 is 6.55 Å². The maximum Gasteiger partial charge on any atom is 0.320 e. The van der Waals surface area contributed by atoms with Crippen molar-refractivity contribution in [3.63, 3.8) is 0 Å². The molecule has 0 bridgehead atoms. The van der Waals surface area contributed by atoms with E-state index in [2.05, 4.69) is 14.8 Å². The van der Waals surface area contributed by atoms with E-state index in [-0.39, 0.29) is 0 Å². The molecule has 136 valence electrons. The third-order valence-corrected chi connectivity index (χ3v) is 5.69. The maximum atomic E-state index is 13.5. The highest BCUT2D eigenvalue weighted by atomic mass is 19.3. The maximum absolute atomic E-state index is 13.5. The summed E-state index contributed by atoms with van der Waals surface area (Å²) in [4.78, 5) is 9.38. The van der Waals surface area contributed by atoms with E-state index >= 15 is 0 Å². The molecule has 3 heterocycles. The summed E-state index contributed by atoms with van der Waals surface area (Å²) in [7, 11) is 0. The van der Waals surface area contributed by atoms with Crippen molar-refractivity contribution in [1.29, 1.82) is 0 Å². The van der Waals surface area contributed by atoms with Gasteiger partial charge < -0.3 is 4.90 Å². The van der Waals surface area contributed by atoms with Crippen LogP contribution in [0.5, 0.6) is 0 Å². The fourth-order valence-electron chi connectivity index (χ4n) is 4.35. The smallest absolute Gasteiger partial charge is 0.300 e. The van der Waals surface area contributed by atoms with E-state index in [9.17, 15) is 8.78 Å². The van der Waals surface area contributed by atoms with Gasteiger partial charge in [-0.2, -0.15) is 8.78 Å². The minimum Gasteiger partial charge on any atom is -0.300 e. The van der Waals surface area contributed by atoms with Crippen LogP contribution in [0.3, 0.4) is 0 Å². The second kappa shape index (κ2) is 7.38. The lowest BCUT2D eigenvalue weighted by molar-refractivity contribution is 0.0621. The van der Waals surface area contributed by atoms with E-state index in [1.807, 2.05) is 6.07 Å². The van der Waals surface area contributed by atoms with Crippen molar-refractivity contribution >= 4 is 11.0 Å². The number of imidazole rings is 1. The van der Waals surface area contributed by atoms with E-state index in [1.165, 1.54) is 32.4 Å². The number of hydrogen-bond donors (Lipinski definition) is 0. The van der Waals surface area contributed by atoms with Crippen LogP contribution in [0.4, 0.5) is 8.78 Å². The Balaban J connectivity index is 1.43. The van der Waals surface area contributed by atoms with Crippen molar-refractivity contribution in [2.24, 2.45) is 0 Å². The lowest BCUT2D eigenvalue weighted by Crippen LogP contribution is -2.46. The van der Waals surface area contributed by atoms with Gasteiger partial charge in [-0.25, -0.2) is 4.98 Å². The predicted molar refractivity (Wildman–Crippen MR) is 94.7 cm³/mol. The van der Waals surface area contributed by atoms with Gasteiger partial charge in [0.05, 0.1) is 17.6 Å². The summed E-state index contributed by atoms with van der Waals surface area (Å²) < 4.78 is 28.2. The molecule has 25 heavy (non-hydrogen) atoms. The van der Waals surface area contributed by atoms with E-state index in [1.54, 1.807) is 18.2 Å². The first-order valence-corrected chi connectivity index (χ1v) is 9.43. The zero-order valence-electron chi connectivity index (χ0n) is 14.6. The summed E-state index contributed by atoms with van der Waals surface area (Å²) in [5.74, 6) is 0.479. The SMILES string of the molecule is FC(F)n1c(CN2CCC(N3CCCCC3)CC2)nc2ccccc21. The van der Waals surface area contributed by atoms with Crippen LogP contribution >= 0.6 is 0 Å². The second-order valence-corrected chi connectivity index (χ2v) is 7.27. The molecule has 0 amide bonds. The summed E-state index contributed by atoms with van der Waals surface area (Å²) in [6, 6.07) is 7.84. The van der Waals surface area contributed by atoms with Gasteiger partial charge in [0.1, 0.15) is 5.82 Å². The minimum absolute atomic E-state index is 0.479. The van der Waals surface area contributed by atoms with Crippen LogP contribution in [0.1, 0.15) is 44.5 Å². The van der Waals surface area contributed by atoms with Crippen molar-refractivity contribution in [2.45, 2.75) is 51.2 Å². The van der Waals surface area contributed by atoms with Crippen molar-refractivity contribution in [2.75, 3.05) is 26.2 Å². The summed E-state index contributed by atoms with van der Waals surface area (Å²) >= 11 is 0. The van der Waals surface area contributed by atoms with Crippen LogP contribution in [0.2, 0.25) is 0 Å². The summed E-state index contributed by atoms with van der Waals surface area (Å²) in [5, 5.41) is 0. The Morgan fingerprint density at radius 1 is 1.00 bits per heavy atom. The molecule has 0 aliphatic carbocycles. The first kappa shape index (κ1) is 16.9. The summed E-state index contributed by atoms with van der Waals surface area (Å²) in [6.45, 7) is 2.35. The Morgan fingerprint density at radius 2 is 1.72 bits per heavy atom. The number of alkyl halides is 2. The fraction of sp³-hybridized carbons (Fsp3) is 0.632. The number of piperidine rings is 2. The fourth-order valence-corrected chi connectivity index (χ4v) is 4.35. The minimum atomic E-state index is -2.55. The van der Waals surface area contributed by atoms with Gasteiger partial charge in [0.25, 0.3) is 0 Å². The molecule has 0 spiro atoms. The number of para-hydroxylation sites is 2. The van der Waals surface area contributed by atoms with Gasteiger partial charge in [0, 0.05) is 19.1 Å². The molecule has 4 rings (SSSR count). The molecule has 0 N–H and O–H groups in total. The molecule has 4 nitrogen and oxygen atoms in total. The number of aromatic nitrogens is 2. The van der Waals surface area contributed by atoms with Crippen molar-refractivity contribution in [3.8, 4) is 0 Å². The number of nitrogens with zero attached hydrogens (tertiary/aromatic N) is 4. The van der Waals surface area contributed by atoms with Gasteiger partial charge in [-0.05, 0) is 50.9 Å². The van der Waals surface area contributed by atoms with E-state index in [4.69, 9.17) is 0 Å². The molecule has 2 aliphatic rings. The van der Waals surface area contributed by atoms with Gasteiger partial charge >= 0.3 is 6.55 Å². The quantitative estimate of drug-likeness (QED) is 0.838. The molecule has 0 unspecified atom stereocenters. The Kier molecular flexibility index (Phi) is 4.99. The Morgan fingerprint density at radius 3 is 2.44 bits per heavy atom. The third-order valence-electron chi connectivity index (χ3n) is 5.69. The highest BCUT2D eigenvalue weighted by molar-refractivity contribution is 5.75. The molecule has 2 aromatic rings. The Hall–Kier alpha value is -1.53. The van der Waals surface area contributed by atoms with Crippen LogP contribution in [0.15, 0.2) is 24.3 Å². The molecular weight excluding hydrogens is 322 g/mol. The molecule has 0 saturated carbocycles. The zero-order valence-corrected chi connectivity index (χ0v) is 14.6. The predicted octanol–water partition coefficient (Wildman–Crippen LogP) is 3.88. The first-order valence-electron chi connectivity index (χ1n) is 9.43.